The summed E-state index contributed by atoms with van der Waals surface area (Å²) in [5.41, 5.74) is 0.403. The summed E-state index contributed by atoms with van der Waals surface area (Å²) in [6.07, 6.45) is -0.224. The zero-order chi connectivity index (χ0) is 17.3. The van der Waals surface area contributed by atoms with Gasteiger partial charge in [0.1, 0.15) is 18.4 Å². The number of aliphatic hydroxyl groups excluding tert-OH is 1. The number of hydrogen-bond donors (Lipinski definition) is 3. The molecule has 2 aliphatic heterocycles. The molecule has 126 valence electrons. The Morgan fingerprint density at radius 1 is 1.29 bits per heavy atom. The van der Waals surface area contributed by atoms with Crippen molar-refractivity contribution in [1.82, 2.24) is 10.2 Å². The highest BCUT2D eigenvalue weighted by molar-refractivity contribution is 6.01. The minimum atomic E-state index is -1.37. The lowest BCUT2D eigenvalue weighted by molar-refractivity contribution is -0.154. The van der Waals surface area contributed by atoms with Crippen molar-refractivity contribution in [3.63, 3.8) is 0 Å². The first-order valence-electron chi connectivity index (χ1n) is 7.44. The van der Waals surface area contributed by atoms with Gasteiger partial charge in [0, 0.05) is 6.42 Å². The van der Waals surface area contributed by atoms with Crippen LogP contribution in [-0.2, 0) is 20.9 Å². The van der Waals surface area contributed by atoms with Gasteiger partial charge in [-0.25, -0.2) is 9.59 Å². The summed E-state index contributed by atoms with van der Waals surface area (Å²) in [5, 5.41) is 21.2. The van der Waals surface area contributed by atoms with Crippen LogP contribution in [0.5, 0.6) is 0 Å². The van der Waals surface area contributed by atoms with E-state index in [9.17, 15) is 19.5 Å². The number of aliphatic hydroxyl groups is 1. The average molecular weight is 332 g/mol. The molecule has 2 atom stereocenters. The van der Waals surface area contributed by atoms with Crippen LogP contribution in [0.2, 0.25) is 0 Å². The highest BCUT2D eigenvalue weighted by atomic mass is 16.5. The molecule has 0 aromatic heterocycles. The number of alkyl carbamates (subject to hydrolysis) is 1. The number of carboxylic acid groups (broad SMARTS) is 1. The zero-order valence-electron chi connectivity index (χ0n) is 12.6. The number of amides is 2. The van der Waals surface area contributed by atoms with Gasteiger partial charge in [-0.05, 0) is 12.0 Å². The van der Waals surface area contributed by atoms with Gasteiger partial charge < -0.3 is 20.3 Å². The van der Waals surface area contributed by atoms with Crippen molar-refractivity contribution in [3.05, 3.63) is 47.4 Å². The zero-order valence-corrected chi connectivity index (χ0v) is 12.6. The van der Waals surface area contributed by atoms with Crippen LogP contribution in [0.25, 0.3) is 0 Å². The second-order valence-corrected chi connectivity index (χ2v) is 5.60. The Kier molecular flexibility index (Phi) is 4.11. The fourth-order valence-corrected chi connectivity index (χ4v) is 2.93. The summed E-state index contributed by atoms with van der Waals surface area (Å²) < 4.78 is 5.06. The molecule has 0 aliphatic carbocycles. The maximum absolute atomic E-state index is 12.1. The van der Waals surface area contributed by atoms with Crippen molar-refractivity contribution in [2.24, 2.45) is 0 Å². The molecular formula is C16H16N2O6. The molecule has 1 aromatic rings. The van der Waals surface area contributed by atoms with Gasteiger partial charge in [-0.2, -0.15) is 0 Å². The van der Waals surface area contributed by atoms with Crippen molar-refractivity contribution >= 4 is 18.0 Å². The number of fused-ring (bicyclic) bond motifs is 1. The number of aliphatic carboxylic acids is 1. The third-order valence-electron chi connectivity index (χ3n) is 4.10. The second kappa shape index (κ2) is 6.23. The lowest BCUT2D eigenvalue weighted by Crippen LogP contribution is -2.71. The molecule has 2 amide bonds. The van der Waals surface area contributed by atoms with Gasteiger partial charge in [-0.15, -0.1) is 0 Å². The largest absolute Gasteiger partial charge is 0.510 e. The third kappa shape index (κ3) is 2.78. The number of β-lactam (4-membered cyclic amide) rings is 1. The summed E-state index contributed by atoms with van der Waals surface area (Å²) in [5.74, 6) is -2.26. The highest BCUT2D eigenvalue weighted by Gasteiger charge is 2.53. The predicted molar refractivity (Wildman–Crippen MR) is 80.7 cm³/mol. The van der Waals surface area contributed by atoms with E-state index >= 15 is 0 Å². The van der Waals surface area contributed by atoms with Gasteiger partial charge >= 0.3 is 12.1 Å². The molecule has 1 aromatic carbocycles. The van der Waals surface area contributed by atoms with E-state index in [0.29, 0.717) is 6.42 Å². The van der Waals surface area contributed by atoms with Crippen molar-refractivity contribution in [1.29, 1.82) is 0 Å². The van der Waals surface area contributed by atoms with Crippen molar-refractivity contribution in [3.8, 4) is 0 Å². The Morgan fingerprint density at radius 3 is 2.67 bits per heavy atom. The fourth-order valence-electron chi connectivity index (χ4n) is 2.93. The number of allylic oxidation sites excluding steroid dienone is 1. The molecule has 0 saturated carbocycles. The van der Waals surface area contributed by atoms with Gasteiger partial charge in [0.25, 0.3) is 5.91 Å². The third-order valence-corrected chi connectivity index (χ3v) is 4.10. The van der Waals surface area contributed by atoms with E-state index in [1.54, 1.807) is 12.1 Å². The molecular weight excluding hydrogens is 316 g/mol. The topological polar surface area (TPSA) is 116 Å². The monoisotopic (exact) mass is 332 g/mol. The Hall–Kier alpha value is -3.03. The van der Waals surface area contributed by atoms with E-state index < -0.39 is 35.8 Å². The van der Waals surface area contributed by atoms with E-state index in [0.717, 1.165) is 10.5 Å². The van der Waals surface area contributed by atoms with Crippen molar-refractivity contribution in [2.75, 3.05) is 0 Å². The molecule has 3 rings (SSSR count). The molecule has 2 aliphatic rings. The van der Waals surface area contributed by atoms with Crippen LogP contribution < -0.4 is 5.32 Å². The number of nitrogens with one attached hydrogen (secondary N) is 1. The number of rotatable bonds is 4. The first kappa shape index (κ1) is 15.9. The number of carbonyl (C=O) groups excluding carboxylic acids is 2. The van der Waals surface area contributed by atoms with Gasteiger partial charge in [0.15, 0.2) is 5.70 Å². The summed E-state index contributed by atoms with van der Waals surface area (Å²) in [7, 11) is 0. The maximum atomic E-state index is 12.1. The minimum absolute atomic E-state index is 0.0725. The van der Waals surface area contributed by atoms with Crippen LogP contribution in [0.15, 0.2) is 41.8 Å². The molecule has 0 bridgehead atoms. The molecule has 0 spiro atoms. The quantitative estimate of drug-likeness (QED) is 0.712. The molecule has 24 heavy (non-hydrogen) atoms. The van der Waals surface area contributed by atoms with Crippen LogP contribution in [0.3, 0.4) is 0 Å². The Morgan fingerprint density at radius 2 is 2.00 bits per heavy atom. The number of hydrogen-bond acceptors (Lipinski definition) is 5. The van der Waals surface area contributed by atoms with Gasteiger partial charge in [-0.3, -0.25) is 9.69 Å². The van der Waals surface area contributed by atoms with Gasteiger partial charge in [0.05, 0.1) is 6.04 Å². The van der Waals surface area contributed by atoms with Crippen LogP contribution in [-0.4, -0.2) is 45.2 Å². The number of ether oxygens (including phenoxy) is 1. The SMILES string of the molecule is O=C(NC1C(=O)N2C(C(=O)O)=C(O)CCC12)OCc1ccccc1. The number of carbonyl (C=O) groups is 3. The maximum Gasteiger partial charge on any atom is 0.408 e. The van der Waals surface area contributed by atoms with E-state index in [4.69, 9.17) is 9.84 Å². The molecule has 3 N–H and O–H groups in total. The molecule has 0 radical (unpaired) electrons. The number of carboxylic acids is 1. The standard InChI is InChI=1S/C16H16N2O6/c19-11-7-6-10-12(14(20)18(10)13(11)15(21)22)17-16(23)24-8-9-4-2-1-3-5-9/h1-5,10,12,19H,6-8H2,(H,17,23)(H,21,22). The Labute approximate surface area is 137 Å². The molecule has 8 nitrogen and oxygen atoms in total. The lowest BCUT2D eigenvalue weighted by Gasteiger charge is -2.49. The molecule has 1 saturated heterocycles. The predicted octanol–water partition coefficient (Wildman–Crippen LogP) is 1.14. The van der Waals surface area contributed by atoms with E-state index in [1.807, 2.05) is 18.2 Å². The molecule has 8 heteroatoms. The minimum Gasteiger partial charge on any atom is -0.510 e. The van der Waals surface area contributed by atoms with Gasteiger partial charge in [0.2, 0.25) is 0 Å². The Balaban J connectivity index is 1.59. The number of nitrogens with zero attached hydrogens (tertiary/aromatic N) is 1. The number of benzene rings is 1. The summed E-state index contributed by atoms with van der Waals surface area (Å²) >= 11 is 0. The molecule has 2 unspecified atom stereocenters. The summed E-state index contributed by atoms with van der Waals surface area (Å²) in [6.45, 7) is 0.0725. The fraction of sp³-hybridized carbons (Fsp3) is 0.312. The molecule has 1 fully saturated rings. The van der Waals surface area contributed by atoms with Crippen LogP contribution in [0.4, 0.5) is 4.79 Å². The normalized spacial score (nSPS) is 22.5. The second-order valence-electron chi connectivity index (χ2n) is 5.60. The molecule has 2 heterocycles. The summed E-state index contributed by atoms with van der Waals surface area (Å²) in [4.78, 5) is 36.1. The first-order chi connectivity index (χ1) is 11.5. The first-order valence-corrected chi connectivity index (χ1v) is 7.44. The van der Waals surface area contributed by atoms with E-state index in [-0.39, 0.29) is 18.8 Å². The van der Waals surface area contributed by atoms with Crippen LogP contribution >= 0.6 is 0 Å². The van der Waals surface area contributed by atoms with E-state index in [2.05, 4.69) is 5.32 Å². The lowest BCUT2D eigenvalue weighted by atomic mass is 9.86. The van der Waals surface area contributed by atoms with Crippen LogP contribution in [0, 0.1) is 0 Å². The van der Waals surface area contributed by atoms with E-state index in [1.165, 1.54) is 0 Å². The van der Waals surface area contributed by atoms with Crippen molar-refractivity contribution in [2.45, 2.75) is 31.5 Å². The average Bonchev–Trinajstić information content (AvgIpc) is 2.58. The highest BCUT2D eigenvalue weighted by Crippen LogP contribution is 2.35. The van der Waals surface area contributed by atoms with Gasteiger partial charge in [-0.1, -0.05) is 30.3 Å². The summed E-state index contributed by atoms with van der Waals surface area (Å²) in [6, 6.07) is 7.77. The van der Waals surface area contributed by atoms with Crippen molar-refractivity contribution < 1.29 is 29.3 Å². The van der Waals surface area contributed by atoms with Crippen LogP contribution in [0.1, 0.15) is 18.4 Å². The smallest absolute Gasteiger partial charge is 0.408 e. The Bertz CT molecular complexity index is 715.